The maximum absolute atomic E-state index is 12.7. The fraction of sp³-hybridized carbons (Fsp3) is 0.200. The number of carbonyl (C=O) groups is 1. The Labute approximate surface area is 218 Å². The molecule has 0 radical (unpaired) electrons. The maximum atomic E-state index is 12.7. The minimum Gasteiger partial charge on any atom is -0.493 e. The highest BCUT2D eigenvalue weighted by molar-refractivity contribution is 9.10. The van der Waals surface area contributed by atoms with Crippen LogP contribution in [-0.2, 0) is 10.1 Å². The van der Waals surface area contributed by atoms with E-state index in [2.05, 4.69) is 26.5 Å². The van der Waals surface area contributed by atoms with Gasteiger partial charge in [-0.05, 0) is 77.8 Å². The van der Waals surface area contributed by atoms with Crippen molar-refractivity contribution in [2.45, 2.75) is 18.7 Å². The van der Waals surface area contributed by atoms with E-state index < -0.39 is 16.0 Å². The van der Waals surface area contributed by atoms with E-state index in [1.54, 1.807) is 36.4 Å². The maximum Gasteiger partial charge on any atom is 0.339 e. The van der Waals surface area contributed by atoms with E-state index in [1.165, 1.54) is 38.6 Å². The van der Waals surface area contributed by atoms with Crippen molar-refractivity contribution in [2.24, 2.45) is 5.10 Å². The van der Waals surface area contributed by atoms with Gasteiger partial charge in [-0.25, -0.2) is 5.43 Å². The van der Waals surface area contributed by atoms with E-state index in [4.69, 9.17) is 18.4 Å². The fourth-order valence-electron chi connectivity index (χ4n) is 3.07. The molecule has 0 aliphatic carbocycles. The lowest BCUT2D eigenvalue weighted by molar-refractivity contribution is 0.0954. The molecule has 9 nitrogen and oxygen atoms in total. The van der Waals surface area contributed by atoms with Gasteiger partial charge in [-0.3, -0.25) is 4.79 Å². The largest absolute Gasteiger partial charge is 0.493 e. The van der Waals surface area contributed by atoms with Gasteiger partial charge in [0.1, 0.15) is 4.90 Å². The number of benzene rings is 3. The van der Waals surface area contributed by atoms with Crippen molar-refractivity contribution in [2.75, 3.05) is 20.8 Å². The number of nitrogens with zero attached hydrogens (tertiary/aromatic N) is 1. The summed E-state index contributed by atoms with van der Waals surface area (Å²) in [6.45, 7) is 4.17. The first-order chi connectivity index (χ1) is 17.2. The van der Waals surface area contributed by atoms with Crippen LogP contribution in [0.3, 0.4) is 0 Å². The monoisotopic (exact) mass is 576 g/mol. The van der Waals surface area contributed by atoms with Crippen molar-refractivity contribution in [3.63, 3.8) is 0 Å². The SMILES string of the molecule is CCOc1ccc(C(=O)N/N=C/c2cc(Br)c(OS(=O)(=O)c3ccc(C)cc3)c(OC)c2)cc1OC. The molecule has 0 spiro atoms. The highest BCUT2D eigenvalue weighted by atomic mass is 79.9. The Morgan fingerprint density at radius 3 is 2.33 bits per heavy atom. The van der Waals surface area contributed by atoms with Crippen LogP contribution in [0.2, 0.25) is 0 Å². The van der Waals surface area contributed by atoms with Crippen LogP contribution < -0.4 is 23.8 Å². The Morgan fingerprint density at radius 2 is 1.69 bits per heavy atom. The van der Waals surface area contributed by atoms with Crippen LogP contribution >= 0.6 is 15.9 Å². The third kappa shape index (κ3) is 6.55. The first-order valence-corrected chi connectivity index (χ1v) is 12.9. The molecule has 0 atom stereocenters. The van der Waals surface area contributed by atoms with Crippen molar-refractivity contribution < 1.29 is 31.6 Å². The number of nitrogens with one attached hydrogen (secondary N) is 1. The van der Waals surface area contributed by atoms with Crippen LogP contribution in [0.1, 0.15) is 28.4 Å². The van der Waals surface area contributed by atoms with Gasteiger partial charge in [0.05, 0.1) is 31.5 Å². The number of hydrogen-bond acceptors (Lipinski definition) is 8. The van der Waals surface area contributed by atoms with Gasteiger partial charge in [-0.1, -0.05) is 17.7 Å². The van der Waals surface area contributed by atoms with Gasteiger partial charge in [0.15, 0.2) is 23.0 Å². The van der Waals surface area contributed by atoms with Crippen molar-refractivity contribution in [3.05, 3.63) is 75.8 Å². The Hall–Kier alpha value is -3.57. The van der Waals surface area contributed by atoms with Crippen LogP contribution in [-0.4, -0.2) is 41.4 Å². The Morgan fingerprint density at radius 1 is 1.00 bits per heavy atom. The van der Waals surface area contributed by atoms with Crippen molar-refractivity contribution in [1.29, 1.82) is 0 Å². The molecule has 0 heterocycles. The summed E-state index contributed by atoms with van der Waals surface area (Å²) in [7, 11) is -1.22. The van der Waals surface area contributed by atoms with Crippen LogP contribution in [0, 0.1) is 6.92 Å². The van der Waals surface area contributed by atoms with Gasteiger partial charge in [0, 0.05) is 5.56 Å². The van der Waals surface area contributed by atoms with Crippen molar-refractivity contribution >= 4 is 38.2 Å². The third-order valence-corrected chi connectivity index (χ3v) is 6.68. The van der Waals surface area contributed by atoms with E-state index in [1.807, 2.05) is 13.8 Å². The number of methoxy groups -OCH3 is 2. The van der Waals surface area contributed by atoms with Gasteiger partial charge in [0.25, 0.3) is 5.91 Å². The smallest absolute Gasteiger partial charge is 0.339 e. The number of carbonyl (C=O) groups excluding carboxylic acids is 1. The van der Waals surface area contributed by atoms with Gasteiger partial charge >= 0.3 is 10.1 Å². The second kappa shape index (κ2) is 11.9. The number of rotatable bonds is 10. The average molecular weight is 577 g/mol. The van der Waals surface area contributed by atoms with Crippen molar-refractivity contribution in [1.82, 2.24) is 5.43 Å². The molecular weight excluding hydrogens is 552 g/mol. The zero-order valence-electron chi connectivity index (χ0n) is 20.1. The number of ether oxygens (including phenoxy) is 3. The molecule has 36 heavy (non-hydrogen) atoms. The molecule has 1 N–H and O–H groups in total. The van der Waals surface area contributed by atoms with Gasteiger partial charge < -0.3 is 18.4 Å². The molecule has 3 aromatic carbocycles. The van der Waals surface area contributed by atoms with E-state index in [-0.39, 0.29) is 16.4 Å². The Balaban J connectivity index is 1.76. The van der Waals surface area contributed by atoms with Gasteiger partial charge in [0.2, 0.25) is 0 Å². The normalized spacial score (nSPS) is 11.2. The van der Waals surface area contributed by atoms with E-state index in [9.17, 15) is 13.2 Å². The molecule has 0 aliphatic heterocycles. The fourth-order valence-corrected chi connectivity index (χ4v) is 4.68. The summed E-state index contributed by atoms with van der Waals surface area (Å²) in [6.07, 6.45) is 1.38. The molecule has 0 saturated heterocycles. The summed E-state index contributed by atoms with van der Waals surface area (Å²) < 4.78 is 47.1. The molecule has 190 valence electrons. The number of hydrogen-bond donors (Lipinski definition) is 1. The summed E-state index contributed by atoms with van der Waals surface area (Å²) in [4.78, 5) is 12.5. The Kier molecular flexibility index (Phi) is 8.94. The molecule has 0 aromatic heterocycles. The first kappa shape index (κ1) is 27.0. The Bertz CT molecular complexity index is 1370. The molecule has 0 unspecified atom stereocenters. The van der Waals surface area contributed by atoms with E-state index >= 15 is 0 Å². The lowest BCUT2D eigenvalue weighted by atomic mass is 10.2. The van der Waals surface area contributed by atoms with Crippen LogP contribution in [0.4, 0.5) is 0 Å². The lowest BCUT2D eigenvalue weighted by Gasteiger charge is -2.13. The standard InChI is InChI=1S/C25H25BrN2O7S/c1-5-34-21-11-8-18(14-22(21)32-3)25(29)28-27-15-17-12-20(26)24(23(13-17)33-4)35-36(30,31)19-9-6-16(2)7-10-19/h6-15H,5H2,1-4H3,(H,28,29)/b27-15+. The summed E-state index contributed by atoms with van der Waals surface area (Å²) in [5.74, 6) is 0.648. The molecule has 0 bridgehead atoms. The second-order valence-electron chi connectivity index (χ2n) is 7.38. The molecule has 1 amide bonds. The van der Waals surface area contributed by atoms with Crippen LogP contribution in [0.25, 0.3) is 0 Å². The predicted molar refractivity (Wildman–Crippen MR) is 139 cm³/mol. The van der Waals surface area contributed by atoms with E-state index in [0.717, 1.165) is 5.56 Å². The summed E-state index contributed by atoms with van der Waals surface area (Å²) >= 11 is 3.32. The number of aryl methyl sites for hydroxylation is 1. The molecule has 3 rings (SSSR count). The zero-order valence-corrected chi connectivity index (χ0v) is 22.5. The second-order valence-corrected chi connectivity index (χ2v) is 9.78. The van der Waals surface area contributed by atoms with Gasteiger partial charge in [-0.15, -0.1) is 0 Å². The quantitative estimate of drug-likeness (QED) is 0.211. The molecular formula is C25H25BrN2O7S. The summed E-state index contributed by atoms with van der Waals surface area (Å²) in [6, 6.07) is 14.2. The number of hydrazone groups is 1. The highest BCUT2D eigenvalue weighted by Crippen LogP contribution is 2.38. The minimum atomic E-state index is -4.09. The lowest BCUT2D eigenvalue weighted by Crippen LogP contribution is -2.17. The zero-order chi connectivity index (χ0) is 26.3. The molecule has 11 heteroatoms. The van der Waals surface area contributed by atoms with Crippen LogP contribution in [0.15, 0.2) is 69.1 Å². The molecule has 0 fully saturated rings. The summed E-state index contributed by atoms with van der Waals surface area (Å²) in [5, 5.41) is 3.98. The first-order valence-electron chi connectivity index (χ1n) is 10.7. The molecule has 0 saturated carbocycles. The third-order valence-electron chi connectivity index (χ3n) is 4.86. The number of halogens is 1. The van der Waals surface area contributed by atoms with Gasteiger partial charge in [-0.2, -0.15) is 13.5 Å². The summed E-state index contributed by atoms with van der Waals surface area (Å²) in [5.41, 5.74) is 4.21. The molecule has 0 aliphatic rings. The minimum absolute atomic E-state index is 0.0132. The predicted octanol–water partition coefficient (Wildman–Crippen LogP) is 4.71. The average Bonchev–Trinajstić information content (AvgIpc) is 2.86. The molecule has 3 aromatic rings. The van der Waals surface area contributed by atoms with Crippen LogP contribution in [0.5, 0.6) is 23.0 Å². The topological polar surface area (TPSA) is 113 Å². The van der Waals surface area contributed by atoms with E-state index in [0.29, 0.717) is 33.7 Å². The highest BCUT2D eigenvalue weighted by Gasteiger charge is 2.22. The van der Waals surface area contributed by atoms with Crippen molar-refractivity contribution in [3.8, 4) is 23.0 Å². The number of amides is 1.